The molecule has 0 atom stereocenters. The third-order valence-corrected chi connectivity index (χ3v) is 5.73. The van der Waals surface area contributed by atoms with E-state index in [2.05, 4.69) is 30.9 Å². The molecule has 0 spiro atoms. The number of hydrogen-bond donors (Lipinski definition) is 1. The van der Waals surface area contributed by atoms with Crippen LogP contribution in [0, 0.1) is 5.92 Å². The van der Waals surface area contributed by atoms with Crippen LogP contribution in [0.4, 0.5) is 11.5 Å². The van der Waals surface area contributed by atoms with Crippen LogP contribution in [0.1, 0.15) is 12.8 Å². The van der Waals surface area contributed by atoms with Crippen molar-refractivity contribution in [3.05, 3.63) is 41.3 Å². The van der Waals surface area contributed by atoms with Crippen molar-refractivity contribution in [1.82, 2.24) is 15.0 Å². The summed E-state index contributed by atoms with van der Waals surface area (Å²) in [5.41, 5.74) is 7.41. The molecule has 0 saturated carbocycles. The van der Waals surface area contributed by atoms with Crippen molar-refractivity contribution in [3.8, 4) is 11.6 Å². The molecule has 3 aromatic rings. The van der Waals surface area contributed by atoms with E-state index < -0.39 is 0 Å². The maximum absolute atomic E-state index is 11.7. The van der Waals surface area contributed by atoms with Gasteiger partial charge in [-0.05, 0) is 31.0 Å². The second-order valence-electron chi connectivity index (χ2n) is 6.75. The van der Waals surface area contributed by atoms with Gasteiger partial charge in [0.15, 0.2) is 11.6 Å². The third kappa shape index (κ3) is 3.82. The third-order valence-electron chi connectivity index (χ3n) is 5.04. The second kappa shape index (κ2) is 8.20. The minimum Gasteiger partial charge on any atom is -0.469 e. The molecule has 0 radical (unpaired) electrons. The molecule has 4 rings (SSSR count). The molecule has 0 bridgehead atoms. The number of pyridine rings is 1. The first-order valence-electron chi connectivity index (χ1n) is 9.23. The Morgan fingerprint density at radius 3 is 2.76 bits per heavy atom. The van der Waals surface area contributed by atoms with E-state index in [4.69, 9.17) is 15.2 Å². The van der Waals surface area contributed by atoms with Gasteiger partial charge >= 0.3 is 5.97 Å². The number of ether oxygens (including phenoxy) is 2. The summed E-state index contributed by atoms with van der Waals surface area (Å²) in [5.74, 6) is 1.19. The summed E-state index contributed by atoms with van der Waals surface area (Å²) in [7, 11) is 1.42. The smallest absolute Gasteiger partial charge is 0.308 e. The van der Waals surface area contributed by atoms with Crippen LogP contribution in [0.25, 0.3) is 10.9 Å². The molecule has 0 amide bonds. The summed E-state index contributed by atoms with van der Waals surface area (Å²) in [4.78, 5) is 26.8. The minimum atomic E-state index is -0.168. The van der Waals surface area contributed by atoms with Gasteiger partial charge in [0, 0.05) is 29.1 Å². The lowest BCUT2D eigenvalue weighted by Gasteiger charge is -2.32. The molecule has 1 saturated heterocycles. The van der Waals surface area contributed by atoms with Crippen LogP contribution in [0.5, 0.6) is 11.6 Å². The molecule has 0 aliphatic carbocycles. The Hall–Kier alpha value is -2.94. The molecule has 2 aromatic heterocycles. The summed E-state index contributed by atoms with van der Waals surface area (Å²) in [6.07, 6.45) is 4.52. The largest absolute Gasteiger partial charge is 0.469 e. The Balaban J connectivity index is 1.59. The van der Waals surface area contributed by atoms with E-state index in [1.54, 1.807) is 6.20 Å². The molecular weight excluding hydrogens is 438 g/mol. The lowest BCUT2D eigenvalue weighted by molar-refractivity contribution is -0.146. The van der Waals surface area contributed by atoms with Crippen LogP contribution >= 0.6 is 15.9 Å². The Kier molecular flexibility index (Phi) is 5.48. The van der Waals surface area contributed by atoms with E-state index in [0.717, 1.165) is 9.86 Å². The number of methoxy groups -OCH3 is 1. The van der Waals surface area contributed by atoms with E-state index in [9.17, 15) is 4.79 Å². The number of nitrogens with two attached hydrogens (primary N) is 1. The predicted molar refractivity (Wildman–Crippen MR) is 113 cm³/mol. The van der Waals surface area contributed by atoms with Gasteiger partial charge in [-0.2, -0.15) is 4.98 Å². The Morgan fingerprint density at radius 1 is 1.21 bits per heavy atom. The highest BCUT2D eigenvalue weighted by Gasteiger charge is 2.28. The topological polar surface area (TPSA) is 103 Å². The summed E-state index contributed by atoms with van der Waals surface area (Å²) in [6.45, 7) is 1.31. The lowest BCUT2D eigenvalue weighted by atomic mass is 9.97. The zero-order valence-corrected chi connectivity index (χ0v) is 17.4. The molecule has 1 aliphatic rings. The Morgan fingerprint density at radius 2 is 2.00 bits per heavy atom. The van der Waals surface area contributed by atoms with Crippen LogP contribution in [0.2, 0.25) is 0 Å². The van der Waals surface area contributed by atoms with E-state index in [0.29, 0.717) is 48.7 Å². The van der Waals surface area contributed by atoms with Crippen LogP contribution in [0.15, 0.2) is 41.3 Å². The highest BCUT2D eigenvalue weighted by atomic mass is 79.9. The number of carbonyl (C=O) groups excluding carboxylic acids is 1. The first kappa shape index (κ1) is 19.4. The molecule has 1 aromatic carbocycles. The molecule has 150 valence electrons. The number of piperidine rings is 1. The average molecular weight is 458 g/mol. The van der Waals surface area contributed by atoms with Gasteiger partial charge in [-0.3, -0.25) is 9.78 Å². The Labute approximate surface area is 176 Å². The van der Waals surface area contributed by atoms with Gasteiger partial charge in [-0.15, -0.1) is 0 Å². The number of nitrogens with zero attached hydrogens (tertiary/aromatic N) is 4. The lowest BCUT2D eigenvalue weighted by Crippen LogP contribution is -2.37. The number of nitrogen functional groups attached to an aromatic ring is 1. The molecule has 9 heteroatoms. The fraction of sp³-hybridized carbons (Fsp3) is 0.300. The number of esters is 1. The average Bonchev–Trinajstić information content (AvgIpc) is 2.77. The van der Waals surface area contributed by atoms with Crippen molar-refractivity contribution in [2.75, 3.05) is 30.8 Å². The van der Waals surface area contributed by atoms with Gasteiger partial charge in [0.05, 0.1) is 13.0 Å². The second-order valence-corrected chi connectivity index (χ2v) is 7.60. The summed E-state index contributed by atoms with van der Waals surface area (Å²) >= 11 is 3.53. The van der Waals surface area contributed by atoms with E-state index in [1.807, 2.05) is 29.2 Å². The first-order valence-corrected chi connectivity index (χ1v) is 10.0. The fourth-order valence-corrected chi connectivity index (χ4v) is 3.95. The summed E-state index contributed by atoms with van der Waals surface area (Å²) in [6, 6.07) is 7.54. The number of fused-ring (bicyclic) bond motifs is 1. The van der Waals surface area contributed by atoms with Crippen molar-refractivity contribution < 1.29 is 14.3 Å². The SMILES string of the molecule is COC(=O)C1CCN(c2ncnc(Oc3ccc(Br)c4cccnc34)c2N)CC1. The number of anilines is 2. The number of halogens is 1. The van der Waals surface area contributed by atoms with Gasteiger partial charge < -0.3 is 20.1 Å². The van der Waals surface area contributed by atoms with Gasteiger partial charge in [-0.25, -0.2) is 4.98 Å². The normalized spacial score (nSPS) is 14.8. The monoisotopic (exact) mass is 457 g/mol. The number of hydrogen-bond acceptors (Lipinski definition) is 8. The van der Waals surface area contributed by atoms with Crippen molar-refractivity contribution in [3.63, 3.8) is 0 Å². The van der Waals surface area contributed by atoms with Crippen LogP contribution in [-0.4, -0.2) is 41.1 Å². The van der Waals surface area contributed by atoms with Crippen LogP contribution in [0.3, 0.4) is 0 Å². The molecule has 8 nitrogen and oxygen atoms in total. The summed E-state index contributed by atoms with van der Waals surface area (Å²) < 4.78 is 11.8. The van der Waals surface area contributed by atoms with Gasteiger partial charge in [0.1, 0.15) is 17.5 Å². The maximum atomic E-state index is 11.7. The van der Waals surface area contributed by atoms with E-state index >= 15 is 0 Å². The van der Waals surface area contributed by atoms with Gasteiger partial charge in [0.2, 0.25) is 5.88 Å². The molecule has 2 N–H and O–H groups in total. The van der Waals surface area contributed by atoms with Gasteiger partial charge in [0.25, 0.3) is 0 Å². The first-order chi connectivity index (χ1) is 14.1. The van der Waals surface area contributed by atoms with E-state index in [1.165, 1.54) is 13.4 Å². The quantitative estimate of drug-likeness (QED) is 0.593. The fourth-order valence-electron chi connectivity index (χ4n) is 3.50. The van der Waals surface area contributed by atoms with Crippen molar-refractivity contribution >= 4 is 44.3 Å². The Bertz CT molecular complexity index is 1050. The predicted octanol–water partition coefficient (Wildman–Crippen LogP) is 3.55. The van der Waals surface area contributed by atoms with Crippen molar-refractivity contribution in [2.45, 2.75) is 12.8 Å². The maximum Gasteiger partial charge on any atom is 0.308 e. The highest BCUT2D eigenvalue weighted by Crippen LogP contribution is 2.37. The number of carbonyl (C=O) groups is 1. The zero-order chi connectivity index (χ0) is 20.4. The summed E-state index contributed by atoms with van der Waals surface area (Å²) in [5, 5.41) is 0.933. The molecular formula is C20H20BrN5O3. The van der Waals surface area contributed by atoms with Crippen LogP contribution in [-0.2, 0) is 9.53 Å². The van der Waals surface area contributed by atoms with Gasteiger partial charge in [-0.1, -0.05) is 22.0 Å². The number of rotatable bonds is 4. The van der Waals surface area contributed by atoms with Crippen LogP contribution < -0.4 is 15.4 Å². The minimum absolute atomic E-state index is 0.0877. The molecule has 3 heterocycles. The zero-order valence-electron chi connectivity index (χ0n) is 15.8. The van der Waals surface area contributed by atoms with Crippen molar-refractivity contribution in [1.29, 1.82) is 0 Å². The standard InChI is InChI=1S/C20H20BrN5O3/c1-28-20(27)12-6-9-26(10-7-12)18-16(22)19(25-11-24-18)29-15-5-4-14(21)13-3-2-8-23-17(13)15/h2-5,8,11-12H,6-7,9-10,22H2,1H3. The molecule has 29 heavy (non-hydrogen) atoms. The highest BCUT2D eigenvalue weighted by molar-refractivity contribution is 9.10. The molecule has 0 unspecified atom stereocenters. The molecule has 1 aliphatic heterocycles. The van der Waals surface area contributed by atoms with Crippen molar-refractivity contribution in [2.24, 2.45) is 5.92 Å². The van der Waals surface area contributed by atoms with E-state index in [-0.39, 0.29) is 17.8 Å². The number of benzene rings is 1. The molecule has 1 fully saturated rings. The number of aromatic nitrogens is 3.